The molecule has 1 aliphatic heterocycles. The third-order valence-corrected chi connectivity index (χ3v) is 5.36. The van der Waals surface area contributed by atoms with E-state index in [1.165, 1.54) is 0 Å². The van der Waals surface area contributed by atoms with Crippen LogP contribution in [0.2, 0.25) is 0 Å². The van der Waals surface area contributed by atoms with Crippen molar-refractivity contribution in [3.63, 3.8) is 0 Å². The van der Waals surface area contributed by atoms with Crippen LogP contribution in [-0.4, -0.2) is 31.4 Å². The van der Waals surface area contributed by atoms with Gasteiger partial charge in [0.1, 0.15) is 11.8 Å². The van der Waals surface area contributed by atoms with Crippen LogP contribution in [0.1, 0.15) is 44.4 Å². The summed E-state index contributed by atoms with van der Waals surface area (Å²) in [4.78, 5) is 37.3. The highest BCUT2D eigenvalue weighted by Gasteiger charge is 2.31. The van der Waals surface area contributed by atoms with Crippen molar-refractivity contribution < 1.29 is 19.1 Å². The highest BCUT2D eigenvalue weighted by atomic mass is 16.5. The second kappa shape index (κ2) is 9.20. The highest BCUT2D eigenvalue weighted by Crippen LogP contribution is 2.25. The lowest BCUT2D eigenvalue weighted by atomic mass is 9.87. The Morgan fingerprint density at radius 1 is 1.06 bits per heavy atom. The molecule has 164 valence electrons. The molecule has 2 aromatic carbocycles. The lowest BCUT2D eigenvalue weighted by Crippen LogP contribution is -2.40. The maximum Gasteiger partial charge on any atom is 0.251 e. The zero-order valence-electron chi connectivity index (χ0n) is 18.3. The van der Waals surface area contributed by atoms with Crippen LogP contribution in [0.4, 0.5) is 5.69 Å². The second-order valence-corrected chi connectivity index (χ2v) is 8.74. The molecule has 3 N–H and O–H groups in total. The molecule has 0 radical (unpaired) electrons. The van der Waals surface area contributed by atoms with Gasteiger partial charge in [0.2, 0.25) is 11.8 Å². The lowest BCUT2D eigenvalue weighted by molar-refractivity contribution is -0.129. The van der Waals surface area contributed by atoms with Gasteiger partial charge in [0.15, 0.2) is 0 Å². The fourth-order valence-corrected chi connectivity index (χ4v) is 3.42. The largest absolute Gasteiger partial charge is 0.497 e. The predicted octanol–water partition coefficient (Wildman–Crippen LogP) is 2.92. The zero-order chi connectivity index (χ0) is 22.6. The topological polar surface area (TPSA) is 96.5 Å². The predicted molar refractivity (Wildman–Crippen MR) is 119 cm³/mol. The number of anilines is 1. The van der Waals surface area contributed by atoms with Crippen molar-refractivity contribution >= 4 is 23.4 Å². The molecule has 7 nitrogen and oxygen atoms in total. The van der Waals surface area contributed by atoms with E-state index in [0.29, 0.717) is 17.0 Å². The molecule has 1 aliphatic rings. The van der Waals surface area contributed by atoms with Crippen LogP contribution in [-0.2, 0) is 19.8 Å². The average molecular weight is 424 g/mol. The molecule has 0 unspecified atom stereocenters. The molecular formula is C24H29N3O4. The van der Waals surface area contributed by atoms with E-state index in [9.17, 15) is 14.4 Å². The van der Waals surface area contributed by atoms with Crippen molar-refractivity contribution in [1.82, 2.24) is 10.6 Å². The maximum atomic E-state index is 13.1. The Balaban J connectivity index is 1.79. The summed E-state index contributed by atoms with van der Waals surface area (Å²) >= 11 is 0. The van der Waals surface area contributed by atoms with Crippen molar-refractivity contribution in [2.45, 2.75) is 38.6 Å². The van der Waals surface area contributed by atoms with Gasteiger partial charge in [0.25, 0.3) is 5.91 Å². The first-order valence-electron chi connectivity index (χ1n) is 10.3. The summed E-state index contributed by atoms with van der Waals surface area (Å²) in [6.07, 6.45) is 0.122. The Hall–Kier alpha value is -3.35. The Kier molecular flexibility index (Phi) is 6.63. The van der Waals surface area contributed by atoms with E-state index in [4.69, 9.17) is 4.74 Å². The maximum absolute atomic E-state index is 13.1. The molecule has 31 heavy (non-hydrogen) atoms. The smallest absolute Gasteiger partial charge is 0.251 e. The van der Waals surface area contributed by atoms with E-state index in [1.807, 2.05) is 24.3 Å². The fourth-order valence-electron chi connectivity index (χ4n) is 3.42. The summed E-state index contributed by atoms with van der Waals surface area (Å²) in [5, 5.41) is 8.34. The minimum Gasteiger partial charge on any atom is -0.497 e. The van der Waals surface area contributed by atoms with Gasteiger partial charge in [-0.25, -0.2) is 0 Å². The molecule has 3 amide bonds. The minimum atomic E-state index is -0.906. The first kappa shape index (κ1) is 22.3. The molecule has 3 rings (SSSR count). The van der Waals surface area contributed by atoms with Gasteiger partial charge >= 0.3 is 0 Å². The first-order valence-corrected chi connectivity index (χ1v) is 10.3. The molecule has 1 fully saturated rings. The summed E-state index contributed by atoms with van der Waals surface area (Å²) in [7, 11) is 1.56. The Labute approximate surface area is 182 Å². The number of ether oxygens (including phenoxy) is 1. The molecular weight excluding hydrogens is 394 g/mol. The highest BCUT2D eigenvalue weighted by molar-refractivity contribution is 5.99. The van der Waals surface area contributed by atoms with Crippen molar-refractivity contribution in [2.75, 3.05) is 19.0 Å². The second-order valence-electron chi connectivity index (χ2n) is 8.74. The molecule has 0 aromatic heterocycles. The summed E-state index contributed by atoms with van der Waals surface area (Å²) in [5.74, 6) is -0.703. The number of carbonyl (C=O) groups excluding carboxylic acids is 3. The number of hydrogen-bond acceptors (Lipinski definition) is 4. The average Bonchev–Trinajstić information content (AvgIpc) is 3.18. The van der Waals surface area contributed by atoms with Crippen LogP contribution in [0, 0.1) is 5.92 Å². The number of nitrogens with one attached hydrogen (secondary N) is 3. The number of methoxy groups -OCH3 is 1. The lowest BCUT2D eigenvalue weighted by Gasteiger charge is -2.22. The van der Waals surface area contributed by atoms with Gasteiger partial charge in [0, 0.05) is 18.7 Å². The summed E-state index contributed by atoms with van der Waals surface area (Å²) < 4.78 is 5.18. The molecule has 0 spiro atoms. The van der Waals surface area contributed by atoms with Crippen LogP contribution in [0.3, 0.4) is 0 Å². The third-order valence-electron chi connectivity index (χ3n) is 5.36. The minimum absolute atomic E-state index is 0.00883. The van der Waals surface area contributed by atoms with Gasteiger partial charge in [-0.2, -0.15) is 0 Å². The third kappa shape index (κ3) is 5.63. The monoisotopic (exact) mass is 423 g/mol. The van der Waals surface area contributed by atoms with E-state index in [0.717, 1.165) is 5.56 Å². The van der Waals surface area contributed by atoms with E-state index in [1.54, 1.807) is 31.4 Å². The number of rotatable bonds is 6. The van der Waals surface area contributed by atoms with Crippen LogP contribution < -0.4 is 20.7 Å². The number of benzene rings is 2. The molecule has 0 bridgehead atoms. The normalized spacial score (nSPS) is 16.9. The summed E-state index contributed by atoms with van der Waals surface area (Å²) in [6.45, 7) is 6.64. The quantitative estimate of drug-likeness (QED) is 0.666. The number of amides is 3. The van der Waals surface area contributed by atoms with Crippen LogP contribution >= 0.6 is 0 Å². The van der Waals surface area contributed by atoms with E-state index in [-0.39, 0.29) is 36.1 Å². The molecule has 1 heterocycles. The van der Waals surface area contributed by atoms with Gasteiger partial charge in [0.05, 0.1) is 13.0 Å². The molecule has 2 atom stereocenters. The Bertz CT molecular complexity index is 946. The van der Waals surface area contributed by atoms with E-state index in [2.05, 4.69) is 36.7 Å². The molecule has 2 aromatic rings. The first-order chi connectivity index (χ1) is 14.7. The van der Waals surface area contributed by atoms with Gasteiger partial charge in [-0.1, -0.05) is 45.0 Å². The summed E-state index contributed by atoms with van der Waals surface area (Å²) in [6, 6.07) is 13.7. The summed E-state index contributed by atoms with van der Waals surface area (Å²) in [5.41, 5.74) is 2.43. The van der Waals surface area contributed by atoms with Crippen molar-refractivity contribution in [2.24, 2.45) is 5.92 Å². The number of hydrogen-bond donors (Lipinski definition) is 3. The molecule has 0 saturated carbocycles. The van der Waals surface area contributed by atoms with E-state index >= 15 is 0 Å². The van der Waals surface area contributed by atoms with Crippen LogP contribution in [0.15, 0.2) is 48.5 Å². The van der Waals surface area contributed by atoms with Gasteiger partial charge < -0.3 is 20.7 Å². The standard InChI is InChI=1S/C24H29N3O4/c1-24(2,3)17-7-9-18(10-8-17)26-23(30)21(15-5-11-19(31-4)12-6-15)27-22(29)16-13-20(28)25-14-16/h5-12,16,21H,13-14H2,1-4H3,(H,25,28)(H,26,30)(H,27,29)/t16-,21-/m1/s1. The van der Waals surface area contributed by atoms with Gasteiger partial charge in [-0.3, -0.25) is 14.4 Å². The van der Waals surface area contributed by atoms with Crippen LogP contribution in [0.5, 0.6) is 5.75 Å². The number of carbonyl (C=O) groups is 3. The van der Waals surface area contributed by atoms with Crippen molar-refractivity contribution in [3.8, 4) is 5.75 Å². The zero-order valence-corrected chi connectivity index (χ0v) is 18.3. The van der Waals surface area contributed by atoms with Crippen molar-refractivity contribution in [1.29, 1.82) is 0 Å². The molecule has 0 aliphatic carbocycles. The van der Waals surface area contributed by atoms with E-state index < -0.39 is 12.0 Å². The van der Waals surface area contributed by atoms with Gasteiger partial charge in [-0.05, 0) is 40.8 Å². The SMILES string of the molecule is COc1ccc([C@@H](NC(=O)[C@H]2CNC(=O)C2)C(=O)Nc2ccc(C(C)(C)C)cc2)cc1. The van der Waals surface area contributed by atoms with Gasteiger partial charge in [-0.15, -0.1) is 0 Å². The Morgan fingerprint density at radius 3 is 2.23 bits per heavy atom. The fraction of sp³-hybridized carbons (Fsp3) is 0.375. The Morgan fingerprint density at radius 2 is 1.71 bits per heavy atom. The molecule has 7 heteroatoms. The van der Waals surface area contributed by atoms with Crippen LogP contribution in [0.25, 0.3) is 0 Å². The van der Waals surface area contributed by atoms with Crippen molar-refractivity contribution in [3.05, 3.63) is 59.7 Å². The molecule has 1 saturated heterocycles.